The van der Waals surface area contributed by atoms with Gasteiger partial charge in [-0.25, -0.2) is 0 Å². The molecule has 0 atom stereocenters. The Morgan fingerprint density at radius 1 is 0.920 bits per heavy atom. The second-order valence-electron chi connectivity index (χ2n) is 5.75. The standard InChI is InChI=1S/C18H14N4O3/c23-16(7-10-9-19-15-4-2-1-3-12(10)15)20-11-5-6-13-14(8-11)18(25)22-21-17(13)24/h1-6,8-9,19H,7H2,(H,20,23)(H,21,24)(H,22,25). The summed E-state index contributed by atoms with van der Waals surface area (Å²) in [5.41, 5.74) is 1.53. The molecule has 0 bridgehead atoms. The van der Waals surface area contributed by atoms with Crippen LogP contribution in [0.3, 0.4) is 0 Å². The number of fused-ring (bicyclic) bond motifs is 2. The maximum atomic E-state index is 12.3. The minimum atomic E-state index is -0.415. The van der Waals surface area contributed by atoms with Gasteiger partial charge in [0.15, 0.2) is 0 Å². The monoisotopic (exact) mass is 334 g/mol. The fourth-order valence-corrected chi connectivity index (χ4v) is 2.91. The fourth-order valence-electron chi connectivity index (χ4n) is 2.91. The first kappa shape index (κ1) is 14.9. The number of benzene rings is 2. The van der Waals surface area contributed by atoms with Crippen LogP contribution in [-0.4, -0.2) is 21.1 Å². The number of hydrogen-bond donors (Lipinski definition) is 4. The minimum absolute atomic E-state index is 0.202. The highest BCUT2D eigenvalue weighted by molar-refractivity contribution is 5.97. The third-order valence-corrected chi connectivity index (χ3v) is 4.11. The Bertz CT molecular complexity index is 1220. The van der Waals surface area contributed by atoms with Crippen molar-refractivity contribution >= 4 is 33.3 Å². The summed E-state index contributed by atoms with van der Waals surface area (Å²) in [7, 11) is 0. The lowest BCUT2D eigenvalue weighted by atomic mass is 10.1. The quantitative estimate of drug-likeness (QED) is 0.459. The number of carbonyl (C=O) groups is 1. The molecular weight excluding hydrogens is 320 g/mol. The van der Waals surface area contributed by atoms with Crippen LogP contribution in [-0.2, 0) is 11.2 Å². The summed E-state index contributed by atoms with van der Waals surface area (Å²) in [6.45, 7) is 0. The molecule has 4 N–H and O–H groups in total. The van der Waals surface area contributed by atoms with Crippen LogP contribution in [0.4, 0.5) is 5.69 Å². The molecule has 0 fully saturated rings. The number of anilines is 1. The number of para-hydroxylation sites is 1. The average molecular weight is 334 g/mol. The van der Waals surface area contributed by atoms with E-state index in [1.54, 1.807) is 6.07 Å². The lowest BCUT2D eigenvalue weighted by Gasteiger charge is -2.06. The van der Waals surface area contributed by atoms with Crippen molar-refractivity contribution in [3.8, 4) is 0 Å². The number of hydrogen-bond acceptors (Lipinski definition) is 3. The van der Waals surface area contributed by atoms with Crippen LogP contribution in [0, 0.1) is 0 Å². The molecule has 0 aliphatic carbocycles. The molecule has 0 aliphatic heterocycles. The van der Waals surface area contributed by atoms with E-state index in [9.17, 15) is 14.4 Å². The molecular formula is C18H14N4O3. The third kappa shape index (κ3) is 2.72. The Labute approximate surface area is 140 Å². The van der Waals surface area contributed by atoms with E-state index in [1.807, 2.05) is 30.5 Å². The van der Waals surface area contributed by atoms with Crippen molar-refractivity contribution in [2.75, 3.05) is 5.32 Å². The van der Waals surface area contributed by atoms with Gasteiger partial charge in [-0.15, -0.1) is 0 Å². The molecule has 0 aliphatic rings. The molecule has 1 amide bonds. The highest BCUT2D eigenvalue weighted by Crippen LogP contribution is 2.19. The highest BCUT2D eigenvalue weighted by Gasteiger charge is 2.10. The number of rotatable bonds is 3. The van der Waals surface area contributed by atoms with Crippen LogP contribution in [0.5, 0.6) is 0 Å². The predicted octanol–water partition coefficient (Wildman–Crippen LogP) is 1.88. The van der Waals surface area contributed by atoms with Crippen LogP contribution in [0.2, 0.25) is 0 Å². The first-order chi connectivity index (χ1) is 12.1. The van der Waals surface area contributed by atoms with Gasteiger partial charge in [0.25, 0.3) is 11.1 Å². The first-order valence-electron chi connectivity index (χ1n) is 7.71. The summed E-state index contributed by atoms with van der Waals surface area (Å²) in [4.78, 5) is 39.0. The second kappa shape index (κ2) is 5.79. The van der Waals surface area contributed by atoms with Crippen molar-refractivity contribution in [1.29, 1.82) is 0 Å². The Balaban J connectivity index is 1.60. The van der Waals surface area contributed by atoms with Gasteiger partial charge in [-0.3, -0.25) is 24.6 Å². The van der Waals surface area contributed by atoms with Crippen molar-refractivity contribution in [2.24, 2.45) is 0 Å². The summed E-state index contributed by atoms with van der Waals surface area (Å²) in [6.07, 6.45) is 2.02. The third-order valence-electron chi connectivity index (χ3n) is 4.11. The summed E-state index contributed by atoms with van der Waals surface area (Å²) < 4.78 is 0. The molecule has 4 rings (SSSR count). The molecule has 0 saturated heterocycles. The lowest BCUT2D eigenvalue weighted by Crippen LogP contribution is -2.19. The van der Waals surface area contributed by atoms with Crippen molar-refractivity contribution < 1.29 is 4.79 Å². The summed E-state index contributed by atoms with van der Waals surface area (Å²) in [5, 5.41) is 8.81. The van der Waals surface area contributed by atoms with Crippen LogP contribution in [0.1, 0.15) is 5.56 Å². The average Bonchev–Trinajstić information content (AvgIpc) is 3.01. The Kier molecular flexibility index (Phi) is 3.46. The summed E-state index contributed by atoms with van der Waals surface area (Å²) in [5.74, 6) is -0.203. The molecule has 4 aromatic rings. The number of aromatic amines is 3. The van der Waals surface area contributed by atoms with E-state index >= 15 is 0 Å². The van der Waals surface area contributed by atoms with E-state index in [1.165, 1.54) is 12.1 Å². The molecule has 7 heteroatoms. The van der Waals surface area contributed by atoms with Gasteiger partial charge in [0.05, 0.1) is 17.2 Å². The maximum absolute atomic E-state index is 12.3. The smallest absolute Gasteiger partial charge is 0.270 e. The topological polar surface area (TPSA) is 111 Å². The number of aromatic nitrogens is 3. The predicted molar refractivity (Wildman–Crippen MR) is 95.8 cm³/mol. The maximum Gasteiger partial charge on any atom is 0.270 e. The van der Waals surface area contributed by atoms with E-state index in [0.29, 0.717) is 5.69 Å². The SMILES string of the molecule is O=C(Cc1c[nH]c2ccccc12)Nc1ccc2c(=O)[nH][nH]c(=O)c2c1. The molecule has 2 aromatic carbocycles. The van der Waals surface area contributed by atoms with E-state index in [0.717, 1.165) is 16.5 Å². The molecule has 124 valence electrons. The normalized spacial score (nSPS) is 11.0. The van der Waals surface area contributed by atoms with Gasteiger partial charge in [0, 0.05) is 22.8 Å². The van der Waals surface area contributed by atoms with Crippen molar-refractivity contribution in [1.82, 2.24) is 15.2 Å². The van der Waals surface area contributed by atoms with Gasteiger partial charge < -0.3 is 10.3 Å². The summed E-state index contributed by atoms with van der Waals surface area (Å²) >= 11 is 0. The Morgan fingerprint density at radius 3 is 2.52 bits per heavy atom. The van der Waals surface area contributed by atoms with Crippen LogP contribution >= 0.6 is 0 Å². The molecule has 2 aromatic heterocycles. The largest absolute Gasteiger partial charge is 0.361 e. The number of amides is 1. The van der Waals surface area contributed by atoms with Gasteiger partial charge in [0.2, 0.25) is 5.91 Å². The molecule has 2 heterocycles. The molecule has 25 heavy (non-hydrogen) atoms. The highest BCUT2D eigenvalue weighted by atomic mass is 16.2. The molecule has 0 unspecified atom stereocenters. The molecule has 0 saturated carbocycles. The van der Waals surface area contributed by atoms with Crippen molar-refractivity contribution in [3.05, 3.63) is 74.9 Å². The van der Waals surface area contributed by atoms with Gasteiger partial charge in [-0.2, -0.15) is 0 Å². The van der Waals surface area contributed by atoms with E-state index < -0.39 is 5.56 Å². The van der Waals surface area contributed by atoms with E-state index in [4.69, 9.17) is 0 Å². The van der Waals surface area contributed by atoms with Gasteiger partial charge >= 0.3 is 0 Å². The molecule has 0 radical (unpaired) electrons. The molecule has 7 nitrogen and oxygen atoms in total. The number of H-pyrrole nitrogens is 3. The van der Waals surface area contributed by atoms with E-state index in [2.05, 4.69) is 20.5 Å². The summed E-state index contributed by atoms with van der Waals surface area (Å²) in [6, 6.07) is 12.4. The number of nitrogens with one attached hydrogen (secondary N) is 4. The zero-order valence-electron chi connectivity index (χ0n) is 13.1. The van der Waals surface area contributed by atoms with Crippen molar-refractivity contribution in [3.63, 3.8) is 0 Å². The zero-order valence-corrected chi connectivity index (χ0v) is 13.1. The Morgan fingerprint density at radius 2 is 1.68 bits per heavy atom. The van der Waals surface area contributed by atoms with E-state index in [-0.39, 0.29) is 28.7 Å². The zero-order chi connectivity index (χ0) is 17.4. The van der Waals surface area contributed by atoms with Crippen LogP contribution in [0.25, 0.3) is 21.7 Å². The number of carbonyl (C=O) groups excluding carboxylic acids is 1. The second-order valence-corrected chi connectivity index (χ2v) is 5.75. The van der Waals surface area contributed by atoms with Crippen LogP contribution in [0.15, 0.2) is 58.3 Å². The van der Waals surface area contributed by atoms with Crippen molar-refractivity contribution in [2.45, 2.75) is 6.42 Å². The van der Waals surface area contributed by atoms with Crippen LogP contribution < -0.4 is 16.4 Å². The first-order valence-corrected chi connectivity index (χ1v) is 7.71. The molecule has 0 spiro atoms. The Hall–Kier alpha value is -3.61. The lowest BCUT2D eigenvalue weighted by molar-refractivity contribution is -0.115. The fraction of sp³-hybridized carbons (Fsp3) is 0.0556. The van der Waals surface area contributed by atoms with Gasteiger partial charge in [-0.05, 0) is 29.8 Å². The minimum Gasteiger partial charge on any atom is -0.361 e. The van der Waals surface area contributed by atoms with Gasteiger partial charge in [-0.1, -0.05) is 18.2 Å². The van der Waals surface area contributed by atoms with Gasteiger partial charge in [0.1, 0.15) is 0 Å².